The Balaban J connectivity index is 1.42. The number of nitrogens with zero attached hydrogens (tertiary/aromatic N) is 1. The predicted molar refractivity (Wildman–Crippen MR) is 141 cm³/mol. The Morgan fingerprint density at radius 1 is 1.00 bits per heavy atom. The summed E-state index contributed by atoms with van der Waals surface area (Å²) >= 11 is 10.0. The molecule has 0 atom stereocenters. The molecule has 0 fully saturated rings. The number of hydrogen-bond acceptors (Lipinski definition) is 5. The van der Waals surface area contributed by atoms with Gasteiger partial charge in [-0.25, -0.2) is 9.79 Å². The van der Waals surface area contributed by atoms with Crippen molar-refractivity contribution < 1.29 is 19.0 Å². The van der Waals surface area contributed by atoms with Gasteiger partial charge in [0.25, 0.3) is 0 Å². The van der Waals surface area contributed by atoms with Gasteiger partial charge in [-0.1, -0.05) is 76.1 Å². The second-order valence-corrected chi connectivity index (χ2v) is 9.07. The summed E-state index contributed by atoms with van der Waals surface area (Å²) in [5, 5.41) is 2.49. The predicted octanol–water partition coefficient (Wildman–Crippen LogP) is 7.19. The first-order valence-corrected chi connectivity index (χ1v) is 11.9. The summed E-state index contributed by atoms with van der Waals surface area (Å²) in [6, 6.07) is 25.0. The van der Waals surface area contributed by atoms with Gasteiger partial charge in [-0.3, -0.25) is 0 Å². The number of ether oxygens (including phenoxy) is 3. The number of cyclic esters (lactones) is 1. The average molecular weight is 549 g/mol. The third-order valence-corrected chi connectivity index (χ3v) is 6.56. The molecule has 4 aromatic rings. The lowest BCUT2D eigenvalue weighted by atomic mass is 10.1. The zero-order chi connectivity index (χ0) is 24.4. The van der Waals surface area contributed by atoms with Gasteiger partial charge in [0.1, 0.15) is 6.61 Å². The van der Waals surface area contributed by atoms with Crippen LogP contribution < -0.4 is 9.47 Å². The van der Waals surface area contributed by atoms with Crippen molar-refractivity contribution in [3.05, 3.63) is 111 Å². The minimum absolute atomic E-state index is 0.174. The molecule has 0 N–H and O–H groups in total. The molecule has 0 unspecified atom stereocenters. The van der Waals surface area contributed by atoms with Crippen molar-refractivity contribution in [3.8, 4) is 11.5 Å². The number of rotatable bonds is 6. The maximum atomic E-state index is 12.5. The fraction of sp³-hybridized carbons (Fsp3) is 0.0714. The van der Waals surface area contributed by atoms with E-state index in [2.05, 4.69) is 20.9 Å². The van der Waals surface area contributed by atoms with Crippen molar-refractivity contribution in [2.75, 3.05) is 7.11 Å². The highest BCUT2D eigenvalue weighted by Gasteiger charge is 2.25. The van der Waals surface area contributed by atoms with E-state index < -0.39 is 5.97 Å². The van der Waals surface area contributed by atoms with E-state index in [9.17, 15) is 4.79 Å². The molecule has 35 heavy (non-hydrogen) atoms. The molecule has 7 heteroatoms. The first kappa shape index (κ1) is 23.1. The van der Waals surface area contributed by atoms with Gasteiger partial charge in [-0.15, -0.1) is 0 Å². The van der Waals surface area contributed by atoms with E-state index in [4.69, 9.17) is 25.8 Å². The third kappa shape index (κ3) is 4.94. The van der Waals surface area contributed by atoms with Crippen molar-refractivity contribution in [1.29, 1.82) is 0 Å². The van der Waals surface area contributed by atoms with Gasteiger partial charge in [-0.05, 0) is 52.7 Å². The monoisotopic (exact) mass is 547 g/mol. The summed E-state index contributed by atoms with van der Waals surface area (Å²) in [4.78, 5) is 16.9. The van der Waals surface area contributed by atoms with E-state index in [0.29, 0.717) is 28.7 Å². The summed E-state index contributed by atoms with van der Waals surface area (Å²) in [6.07, 6.45) is 1.61. The number of carbonyl (C=O) groups is 1. The molecule has 0 aromatic heterocycles. The molecule has 1 aliphatic heterocycles. The summed E-state index contributed by atoms with van der Waals surface area (Å²) in [5.41, 5.74) is 2.51. The smallest absolute Gasteiger partial charge is 0.363 e. The fourth-order valence-corrected chi connectivity index (χ4v) is 4.41. The standard InChI is InChI=1S/C28H19BrClNO4/c1-33-25-14-17(12-23(30)26(25)34-16-21-8-4-5-9-22(21)29)13-24-28(32)35-27(31-24)20-11-10-18-6-2-3-7-19(18)15-20/h2-15H,16H2,1H3/b24-13-. The van der Waals surface area contributed by atoms with Gasteiger partial charge < -0.3 is 14.2 Å². The van der Waals surface area contributed by atoms with Crippen molar-refractivity contribution in [2.45, 2.75) is 6.61 Å². The Bertz CT molecular complexity index is 1510. The van der Waals surface area contributed by atoms with Crippen LogP contribution in [0.4, 0.5) is 0 Å². The van der Waals surface area contributed by atoms with E-state index in [1.165, 1.54) is 7.11 Å². The molecule has 5 nitrogen and oxygen atoms in total. The first-order valence-electron chi connectivity index (χ1n) is 10.8. The molecule has 1 aliphatic rings. The minimum atomic E-state index is -0.530. The molecule has 0 amide bonds. The summed E-state index contributed by atoms with van der Waals surface area (Å²) in [6.45, 7) is 0.309. The van der Waals surface area contributed by atoms with Crippen molar-refractivity contribution in [1.82, 2.24) is 0 Å². The van der Waals surface area contributed by atoms with E-state index in [1.54, 1.807) is 18.2 Å². The van der Waals surface area contributed by atoms with E-state index in [0.717, 1.165) is 26.4 Å². The number of benzene rings is 4. The minimum Gasteiger partial charge on any atom is -0.493 e. The molecule has 0 radical (unpaired) electrons. The van der Waals surface area contributed by atoms with Crippen LogP contribution in [0.1, 0.15) is 16.7 Å². The lowest BCUT2D eigenvalue weighted by molar-refractivity contribution is -0.129. The van der Waals surface area contributed by atoms with E-state index in [-0.39, 0.29) is 11.6 Å². The molecular weight excluding hydrogens is 530 g/mol. The number of esters is 1. The molecule has 0 bridgehead atoms. The second-order valence-electron chi connectivity index (χ2n) is 7.81. The molecule has 4 aromatic carbocycles. The summed E-state index contributed by atoms with van der Waals surface area (Å²) in [7, 11) is 1.54. The zero-order valence-electron chi connectivity index (χ0n) is 18.6. The lowest BCUT2D eigenvalue weighted by Gasteiger charge is -2.14. The third-order valence-electron chi connectivity index (χ3n) is 5.50. The van der Waals surface area contributed by atoms with Crippen LogP contribution in [0, 0.1) is 0 Å². The van der Waals surface area contributed by atoms with Gasteiger partial charge in [0.05, 0.1) is 12.1 Å². The van der Waals surface area contributed by atoms with Crippen LogP contribution >= 0.6 is 27.5 Å². The molecule has 0 saturated heterocycles. The van der Waals surface area contributed by atoms with Crippen LogP contribution in [0.3, 0.4) is 0 Å². The maximum absolute atomic E-state index is 12.5. The molecule has 0 saturated carbocycles. The molecule has 0 spiro atoms. The van der Waals surface area contributed by atoms with E-state index in [1.807, 2.05) is 66.7 Å². The van der Waals surface area contributed by atoms with Gasteiger partial charge in [0, 0.05) is 15.6 Å². The van der Waals surface area contributed by atoms with E-state index >= 15 is 0 Å². The molecule has 0 aliphatic carbocycles. The van der Waals surface area contributed by atoms with Crippen LogP contribution in [-0.2, 0) is 16.1 Å². The normalized spacial score (nSPS) is 14.2. The number of methoxy groups -OCH3 is 1. The highest BCUT2D eigenvalue weighted by atomic mass is 79.9. The van der Waals surface area contributed by atoms with Crippen molar-refractivity contribution in [3.63, 3.8) is 0 Å². The topological polar surface area (TPSA) is 57.1 Å². The lowest BCUT2D eigenvalue weighted by Crippen LogP contribution is -2.05. The highest BCUT2D eigenvalue weighted by molar-refractivity contribution is 9.10. The Morgan fingerprint density at radius 3 is 2.57 bits per heavy atom. The Kier molecular flexibility index (Phi) is 6.57. The molecular formula is C28H19BrClNO4. The number of halogens is 2. The number of hydrogen-bond donors (Lipinski definition) is 0. The quantitative estimate of drug-likeness (QED) is 0.189. The van der Waals surface area contributed by atoms with Crippen LogP contribution in [0.15, 0.2) is 94.0 Å². The summed E-state index contributed by atoms with van der Waals surface area (Å²) < 4.78 is 17.8. The molecule has 1 heterocycles. The Labute approximate surface area is 215 Å². The number of fused-ring (bicyclic) bond motifs is 1. The average Bonchev–Trinajstić information content (AvgIpc) is 3.23. The first-order chi connectivity index (χ1) is 17.0. The van der Waals surface area contributed by atoms with Crippen molar-refractivity contribution in [2.24, 2.45) is 4.99 Å². The fourth-order valence-electron chi connectivity index (χ4n) is 3.74. The van der Waals surface area contributed by atoms with Crippen LogP contribution in [0.5, 0.6) is 11.5 Å². The maximum Gasteiger partial charge on any atom is 0.363 e. The van der Waals surface area contributed by atoms with Crippen LogP contribution in [0.2, 0.25) is 5.02 Å². The molecule has 5 rings (SSSR count). The highest BCUT2D eigenvalue weighted by Crippen LogP contribution is 2.38. The largest absolute Gasteiger partial charge is 0.493 e. The van der Waals surface area contributed by atoms with Crippen molar-refractivity contribution >= 4 is 56.2 Å². The van der Waals surface area contributed by atoms with Crippen LogP contribution in [-0.4, -0.2) is 19.0 Å². The SMILES string of the molecule is COc1cc(/C=C2\N=C(c3ccc4ccccc4c3)OC2=O)cc(Cl)c1OCc1ccccc1Br. The van der Waals surface area contributed by atoms with Gasteiger partial charge >= 0.3 is 5.97 Å². The zero-order valence-corrected chi connectivity index (χ0v) is 21.0. The number of aliphatic imine (C=N–C) groups is 1. The van der Waals surface area contributed by atoms with Crippen LogP contribution in [0.25, 0.3) is 16.8 Å². The molecule has 174 valence electrons. The Morgan fingerprint density at radius 2 is 1.77 bits per heavy atom. The summed E-state index contributed by atoms with van der Waals surface area (Å²) in [5.74, 6) is 0.596. The van der Waals surface area contributed by atoms with Gasteiger partial charge in [0.15, 0.2) is 17.2 Å². The van der Waals surface area contributed by atoms with Gasteiger partial charge in [-0.2, -0.15) is 0 Å². The second kappa shape index (κ2) is 9.94. The van der Waals surface area contributed by atoms with Gasteiger partial charge in [0.2, 0.25) is 5.90 Å². The Hall–Kier alpha value is -3.61. The number of carbonyl (C=O) groups excluding carboxylic acids is 1.